The molecular weight excluding hydrogens is 286 g/mol. The molecule has 1 saturated heterocycles. The third-order valence-electron chi connectivity index (χ3n) is 4.01. The molecule has 1 aliphatic rings. The van der Waals surface area contributed by atoms with E-state index in [-0.39, 0.29) is 0 Å². The molecule has 0 saturated carbocycles. The Bertz CT molecular complexity index is 542. The van der Waals surface area contributed by atoms with Crippen LogP contribution in [0.4, 0.5) is 0 Å². The van der Waals surface area contributed by atoms with Crippen LogP contribution < -0.4 is 11.2 Å². The van der Waals surface area contributed by atoms with E-state index in [9.17, 15) is 0 Å². The average molecular weight is 313 g/mol. The Morgan fingerprint density at radius 3 is 2.61 bits per heavy atom. The molecule has 0 aromatic heterocycles. The van der Waals surface area contributed by atoms with Crippen LogP contribution in [0.2, 0.25) is 0 Å². The Labute approximate surface area is 139 Å². The van der Waals surface area contributed by atoms with E-state index in [0.29, 0.717) is 0 Å². The zero-order valence-electron chi connectivity index (χ0n) is 13.9. The average Bonchev–Trinajstić information content (AvgIpc) is 2.56. The van der Waals surface area contributed by atoms with Crippen molar-refractivity contribution in [1.29, 1.82) is 0 Å². The SMILES string of the molecule is C=C(/C=C(\C=N/N)N1CCN(C)CC1)NCCc1ccccc1. The molecule has 0 unspecified atom stereocenters. The van der Waals surface area contributed by atoms with Crippen molar-refractivity contribution >= 4 is 6.21 Å². The Balaban J connectivity index is 1.86. The van der Waals surface area contributed by atoms with Crippen molar-refractivity contribution in [3.05, 3.63) is 59.9 Å². The molecule has 0 spiro atoms. The smallest absolute Gasteiger partial charge is 0.0700 e. The van der Waals surface area contributed by atoms with Gasteiger partial charge in [0.15, 0.2) is 0 Å². The van der Waals surface area contributed by atoms with Crippen LogP contribution in [-0.4, -0.2) is 55.8 Å². The summed E-state index contributed by atoms with van der Waals surface area (Å²) in [6.45, 7) is 8.99. The van der Waals surface area contributed by atoms with E-state index in [1.807, 2.05) is 12.1 Å². The molecule has 1 aromatic rings. The number of benzene rings is 1. The van der Waals surface area contributed by atoms with Gasteiger partial charge in [0.1, 0.15) is 0 Å². The highest BCUT2D eigenvalue weighted by atomic mass is 15.3. The van der Waals surface area contributed by atoms with Crippen LogP contribution in [-0.2, 0) is 6.42 Å². The van der Waals surface area contributed by atoms with Crippen LogP contribution in [0, 0.1) is 0 Å². The maximum absolute atomic E-state index is 5.36. The van der Waals surface area contributed by atoms with Gasteiger partial charge in [0, 0.05) is 38.4 Å². The lowest BCUT2D eigenvalue weighted by Crippen LogP contribution is -2.44. The number of hydrogen-bond acceptors (Lipinski definition) is 5. The predicted molar refractivity (Wildman–Crippen MR) is 97.1 cm³/mol. The summed E-state index contributed by atoms with van der Waals surface area (Å²) in [7, 11) is 2.14. The fourth-order valence-electron chi connectivity index (χ4n) is 2.59. The largest absolute Gasteiger partial charge is 0.385 e. The zero-order valence-corrected chi connectivity index (χ0v) is 13.9. The third-order valence-corrected chi connectivity index (χ3v) is 4.01. The number of likely N-dealkylation sites (N-methyl/N-ethyl adjacent to an activating group) is 1. The number of nitrogens with one attached hydrogen (secondary N) is 1. The lowest BCUT2D eigenvalue weighted by Gasteiger charge is -2.34. The summed E-state index contributed by atoms with van der Waals surface area (Å²) in [4.78, 5) is 4.61. The van der Waals surface area contributed by atoms with Crippen LogP contribution in [0.15, 0.2) is 59.5 Å². The van der Waals surface area contributed by atoms with Crippen LogP contribution in [0.25, 0.3) is 0 Å². The number of hydrazone groups is 1. The van der Waals surface area contributed by atoms with Gasteiger partial charge in [0.25, 0.3) is 0 Å². The van der Waals surface area contributed by atoms with E-state index in [2.05, 4.69) is 58.1 Å². The summed E-state index contributed by atoms with van der Waals surface area (Å²) in [5.41, 5.74) is 3.21. The van der Waals surface area contributed by atoms with Crippen LogP contribution in [0.3, 0.4) is 0 Å². The van der Waals surface area contributed by atoms with Gasteiger partial charge >= 0.3 is 0 Å². The molecule has 124 valence electrons. The quantitative estimate of drug-likeness (QED) is 0.346. The summed E-state index contributed by atoms with van der Waals surface area (Å²) in [6.07, 6.45) is 4.70. The fourth-order valence-corrected chi connectivity index (χ4v) is 2.59. The lowest BCUT2D eigenvalue weighted by atomic mass is 10.1. The molecule has 5 nitrogen and oxygen atoms in total. The highest BCUT2D eigenvalue weighted by molar-refractivity contribution is 5.78. The summed E-state index contributed by atoms with van der Waals surface area (Å²) < 4.78 is 0. The molecule has 2 rings (SSSR count). The molecule has 0 atom stereocenters. The van der Waals surface area contributed by atoms with Crippen LogP contribution in [0.1, 0.15) is 5.56 Å². The van der Waals surface area contributed by atoms with Gasteiger partial charge in [-0.25, -0.2) is 0 Å². The van der Waals surface area contributed by atoms with E-state index in [0.717, 1.165) is 50.5 Å². The van der Waals surface area contributed by atoms with Crippen molar-refractivity contribution in [2.24, 2.45) is 10.9 Å². The number of allylic oxidation sites excluding steroid dienone is 2. The minimum absolute atomic E-state index is 0.856. The van der Waals surface area contributed by atoms with Gasteiger partial charge in [-0.1, -0.05) is 36.9 Å². The van der Waals surface area contributed by atoms with Gasteiger partial charge < -0.3 is 21.0 Å². The van der Waals surface area contributed by atoms with E-state index >= 15 is 0 Å². The summed E-state index contributed by atoms with van der Waals surface area (Å²) in [5, 5.41) is 7.05. The molecule has 1 aromatic carbocycles. The Morgan fingerprint density at radius 2 is 1.96 bits per heavy atom. The van der Waals surface area contributed by atoms with E-state index in [4.69, 9.17) is 5.84 Å². The summed E-state index contributed by atoms with van der Waals surface area (Å²) in [5.74, 6) is 5.36. The van der Waals surface area contributed by atoms with Gasteiger partial charge in [-0.15, -0.1) is 0 Å². The first-order valence-electron chi connectivity index (χ1n) is 8.04. The maximum Gasteiger partial charge on any atom is 0.0700 e. The minimum atomic E-state index is 0.856. The van der Waals surface area contributed by atoms with Gasteiger partial charge in [-0.2, -0.15) is 5.10 Å². The number of piperazine rings is 1. The molecule has 3 N–H and O–H groups in total. The zero-order chi connectivity index (χ0) is 16.5. The second-order valence-electron chi connectivity index (χ2n) is 5.83. The van der Waals surface area contributed by atoms with Crippen LogP contribution in [0.5, 0.6) is 0 Å². The lowest BCUT2D eigenvalue weighted by molar-refractivity contribution is 0.193. The monoisotopic (exact) mass is 313 g/mol. The number of nitrogens with two attached hydrogens (primary N) is 1. The van der Waals surface area contributed by atoms with Crippen molar-refractivity contribution < 1.29 is 0 Å². The number of rotatable bonds is 7. The van der Waals surface area contributed by atoms with E-state index in [1.165, 1.54) is 5.56 Å². The predicted octanol–water partition coefficient (Wildman–Crippen LogP) is 1.41. The molecular formula is C18H27N5. The first-order chi connectivity index (χ1) is 11.2. The Morgan fingerprint density at radius 1 is 1.26 bits per heavy atom. The highest BCUT2D eigenvalue weighted by Crippen LogP contribution is 2.09. The first kappa shape index (κ1) is 17.1. The van der Waals surface area contributed by atoms with Crippen molar-refractivity contribution in [1.82, 2.24) is 15.1 Å². The minimum Gasteiger partial charge on any atom is -0.385 e. The van der Waals surface area contributed by atoms with Gasteiger partial charge in [0.2, 0.25) is 0 Å². The Hall–Kier alpha value is -2.27. The van der Waals surface area contributed by atoms with Crippen molar-refractivity contribution in [2.45, 2.75) is 6.42 Å². The van der Waals surface area contributed by atoms with Gasteiger partial charge in [0.05, 0.1) is 11.9 Å². The van der Waals surface area contributed by atoms with E-state index < -0.39 is 0 Å². The maximum atomic E-state index is 5.36. The number of hydrogen-bond donors (Lipinski definition) is 2. The van der Waals surface area contributed by atoms with E-state index in [1.54, 1.807) is 6.21 Å². The third kappa shape index (κ3) is 5.79. The van der Waals surface area contributed by atoms with Gasteiger partial charge in [-0.05, 0) is 25.1 Å². The molecule has 1 heterocycles. The molecule has 23 heavy (non-hydrogen) atoms. The van der Waals surface area contributed by atoms with Crippen molar-refractivity contribution in [2.75, 3.05) is 39.8 Å². The van der Waals surface area contributed by atoms with Gasteiger partial charge in [-0.3, -0.25) is 0 Å². The number of nitrogens with zero attached hydrogens (tertiary/aromatic N) is 3. The molecule has 0 amide bonds. The second-order valence-corrected chi connectivity index (χ2v) is 5.83. The molecule has 5 heteroatoms. The Kier molecular flexibility index (Phi) is 6.69. The first-order valence-corrected chi connectivity index (χ1v) is 8.04. The molecule has 0 bridgehead atoms. The molecule has 1 fully saturated rings. The van der Waals surface area contributed by atoms with Crippen LogP contribution >= 0.6 is 0 Å². The second kappa shape index (κ2) is 9.00. The summed E-state index contributed by atoms with van der Waals surface area (Å²) >= 11 is 0. The molecule has 0 aliphatic carbocycles. The molecule has 0 radical (unpaired) electrons. The fraction of sp³-hybridized carbons (Fsp3) is 0.389. The highest BCUT2D eigenvalue weighted by Gasteiger charge is 2.15. The van der Waals surface area contributed by atoms with Crippen molar-refractivity contribution in [3.63, 3.8) is 0 Å². The normalized spacial score (nSPS) is 16.7. The standard InChI is InChI=1S/C18H27N5/c1-16(20-9-8-17-6-4-3-5-7-17)14-18(15-21-19)23-12-10-22(2)11-13-23/h3-7,14-15,20H,1,8-13,19H2,2H3/b18-14+,21-15-. The topological polar surface area (TPSA) is 56.9 Å². The van der Waals surface area contributed by atoms with Crippen molar-refractivity contribution in [3.8, 4) is 0 Å². The summed E-state index contributed by atoms with van der Waals surface area (Å²) in [6, 6.07) is 10.4. The molecule has 1 aliphatic heterocycles.